The fraction of sp³-hybridized carbons (Fsp3) is 0.235. The highest BCUT2D eigenvalue weighted by Gasteiger charge is 2.26. The van der Waals surface area contributed by atoms with Gasteiger partial charge in [0.25, 0.3) is 5.69 Å². The fourth-order valence-electron chi connectivity index (χ4n) is 2.82. The Labute approximate surface area is 132 Å². The molecule has 0 spiro atoms. The smallest absolute Gasteiger partial charge is 0.271 e. The van der Waals surface area contributed by atoms with Crippen LogP contribution in [0.4, 0.5) is 15.8 Å². The molecule has 118 valence electrons. The maximum absolute atomic E-state index is 13.6. The van der Waals surface area contributed by atoms with Crippen LogP contribution in [0.2, 0.25) is 0 Å². The van der Waals surface area contributed by atoms with Gasteiger partial charge in [0.2, 0.25) is 5.91 Å². The number of carbonyl (C=O) groups excluding carboxylic acids is 1. The van der Waals surface area contributed by atoms with Crippen LogP contribution < -0.4 is 4.90 Å². The number of fused-ring (bicyclic) bond motifs is 1. The molecule has 0 unspecified atom stereocenters. The number of anilines is 1. The van der Waals surface area contributed by atoms with E-state index in [9.17, 15) is 19.3 Å². The number of benzene rings is 2. The lowest BCUT2D eigenvalue weighted by atomic mass is 10.1. The van der Waals surface area contributed by atoms with Gasteiger partial charge in [0.1, 0.15) is 5.82 Å². The Kier molecular flexibility index (Phi) is 4.06. The number of hydrogen-bond acceptors (Lipinski definition) is 3. The molecule has 0 aliphatic carbocycles. The van der Waals surface area contributed by atoms with Crippen molar-refractivity contribution in [1.29, 1.82) is 0 Å². The van der Waals surface area contributed by atoms with E-state index >= 15 is 0 Å². The molecule has 1 aliphatic rings. The number of non-ortho nitro benzene ring substituents is 1. The molecule has 6 heteroatoms. The lowest BCUT2D eigenvalue weighted by molar-refractivity contribution is -0.384. The molecule has 0 N–H and O–H groups in total. The van der Waals surface area contributed by atoms with Crippen molar-refractivity contribution in [2.24, 2.45) is 0 Å². The van der Waals surface area contributed by atoms with Crippen LogP contribution in [-0.4, -0.2) is 17.4 Å². The third-order valence-corrected chi connectivity index (χ3v) is 4.04. The summed E-state index contributed by atoms with van der Waals surface area (Å²) in [6.45, 7) is 0.507. The monoisotopic (exact) mass is 314 g/mol. The quantitative estimate of drug-likeness (QED) is 0.643. The molecule has 0 atom stereocenters. The summed E-state index contributed by atoms with van der Waals surface area (Å²) in [7, 11) is 0. The summed E-state index contributed by atoms with van der Waals surface area (Å²) in [4.78, 5) is 24.4. The minimum absolute atomic E-state index is 0.0300. The van der Waals surface area contributed by atoms with Gasteiger partial charge >= 0.3 is 0 Å². The molecule has 2 aromatic carbocycles. The first-order valence-corrected chi connectivity index (χ1v) is 7.37. The van der Waals surface area contributed by atoms with Gasteiger partial charge in [-0.05, 0) is 30.0 Å². The Hall–Kier alpha value is -2.76. The third kappa shape index (κ3) is 3.06. The van der Waals surface area contributed by atoms with Gasteiger partial charge in [0.15, 0.2) is 0 Å². The van der Waals surface area contributed by atoms with Crippen molar-refractivity contribution in [3.63, 3.8) is 0 Å². The Morgan fingerprint density at radius 2 is 2.04 bits per heavy atom. The van der Waals surface area contributed by atoms with E-state index in [0.29, 0.717) is 30.6 Å². The van der Waals surface area contributed by atoms with Crippen LogP contribution in [-0.2, 0) is 17.6 Å². The van der Waals surface area contributed by atoms with E-state index in [-0.39, 0.29) is 23.8 Å². The third-order valence-electron chi connectivity index (χ3n) is 4.04. The molecule has 0 saturated heterocycles. The topological polar surface area (TPSA) is 63.5 Å². The zero-order valence-corrected chi connectivity index (χ0v) is 12.4. The average Bonchev–Trinajstić information content (AvgIpc) is 2.97. The predicted molar refractivity (Wildman–Crippen MR) is 83.9 cm³/mol. The summed E-state index contributed by atoms with van der Waals surface area (Å²) in [5.74, 6) is -0.467. The molecule has 2 aromatic rings. The molecule has 0 aromatic heterocycles. The molecule has 5 nitrogen and oxygen atoms in total. The van der Waals surface area contributed by atoms with Gasteiger partial charge in [-0.15, -0.1) is 0 Å². The van der Waals surface area contributed by atoms with Crippen LogP contribution >= 0.6 is 0 Å². The van der Waals surface area contributed by atoms with Crippen LogP contribution in [0, 0.1) is 15.9 Å². The summed E-state index contributed by atoms with van der Waals surface area (Å²) in [6.07, 6.45) is 1.16. The van der Waals surface area contributed by atoms with E-state index < -0.39 is 4.92 Å². The van der Waals surface area contributed by atoms with Crippen molar-refractivity contribution in [3.05, 3.63) is 69.5 Å². The molecule has 1 amide bonds. The number of halogens is 1. The van der Waals surface area contributed by atoms with Gasteiger partial charge in [-0.25, -0.2) is 4.39 Å². The predicted octanol–water partition coefficient (Wildman–Crippen LogP) is 3.26. The van der Waals surface area contributed by atoms with Crippen molar-refractivity contribution in [3.8, 4) is 0 Å². The summed E-state index contributed by atoms with van der Waals surface area (Å²) in [5.41, 5.74) is 1.99. The second kappa shape index (κ2) is 6.16. The molecule has 0 bridgehead atoms. The number of aryl methyl sites for hydroxylation is 1. The van der Waals surface area contributed by atoms with Crippen molar-refractivity contribution >= 4 is 17.3 Å². The molecule has 23 heavy (non-hydrogen) atoms. The number of nitrogens with zero attached hydrogens (tertiary/aromatic N) is 2. The van der Waals surface area contributed by atoms with E-state index in [1.807, 2.05) is 0 Å². The molecule has 3 rings (SSSR count). The molecule has 0 fully saturated rings. The van der Waals surface area contributed by atoms with Gasteiger partial charge in [0.05, 0.1) is 10.6 Å². The highest BCUT2D eigenvalue weighted by molar-refractivity contribution is 5.96. The molecular formula is C17H15FN2O3. The first-order chi connectivity index (χ1) is 11.1. The van der Waals surface area contributed by atoms with E-state index in [2.05, 4.69) is 0 Å². The lowest BCUT2D eigenvalue weighted by Gasteiger charge is -2.17. The Bertz CT molecular complexity index is 776. The van der Waals surface area contributed by atoms with Gasteiger partial charge in [0, 0.05) is 25.1 Å². The second-order valence-electron chi connectivity index (χ2n) is 5.46. The normalized spacial score (nSPS) is 13.0. The van der Waals surface area contributed by atoms with E-state index in [1.165, 1.54) is 18.2 Å². The first-order valence-electron chi connectivity index (χ1n) is 7.37. The van der Waals surface area contributed by atoms with E-state index in [1.54, 1.807) is 29.2 Å². The maximum Gasteiger partial charge on any atom is 0.271 e. The van der Waals surface area contributed by atoms with Crippen molar-refractivity contribution in [2.75, 3.05) is 11.4 Å². The second-order valence-corrected chi connectivity index (χ2v) is 5.46. The fourth-order valence-corrected chi connectivity index (χ4v) is 2.82. The van der Waals surface area contributed by atoms with E-state index in [0.717, 1.165) is 5.56 Å². The number of amides is 1. The summed E-state index contributed by atoms with van der Waals surface area (Å²) >= 11 is 0. The molecule has 0 saturated carbocycles. The van der Waals surface area contributed by atoms with Gasteiger partial charge in [-0.1, -0.05) is 24.3 Å². The molecule has 1 aliphatic heterocycles. The minimum atomic E-state index is -0.472. The van der Waals surface area contributed by atoms with Gasteiger partial charge in [-0.2, -0.15) is 0 Å². The zero-order valence-electron chi connectivity index (χ0n) is 12.4. The number of nitro groups is 1. The minimum Gasteiger partial charge on any atom is -0.312 e. The SMILES string of the molecule is O=C(CCc1ccccc1F)N1CCc2ccc([N+](=O)[O-])cc21. The summed E-state index contributed by atoms with van der Waals surface area (Å²) in [6, 6.07) is 10.9. The van der Waals surface area contributed by atoms with Crippen LogP contribution in [0.25, 0.3) is 0 Å². The Morgan fingerprint density at radius 3 is 2.78 bits per heavy atom. The highest BCUT2D eigenvalue weighted by atomic mass is 19.1. The number of carbonyl (C=O) groups is 1. The standard InChI is InChI=1S/C17H15FN2O3/c18-15-4-2-1-3-12(15)6-8-17(21)19-10-9-13-5-7-14(20(22)23)11-16(13)19/h1-5,7,11H,6,8-10H2. The van der Waals surface area contributed by atoms with Gasteiger partial charge in [-0.3, -0.25) is 14.9 Å². The Morgan fingerprint density at radius 1 is 1.26 bits per heavy atom. The van der Waals surface area contributed by atoms with Gasteiger partial charge < -0.3 is 4.90 Å². The van der Waals surface area contributed by atoms with Crippen LogP contribution in [0.15, 0.2) is 42.5 Å². The molecular weight excluding hydrogens is 299 g/mol. The Balaban J connectivity index is 1.74. The summed E-state index contributed by atoms with van der Waals surface area (Å²) < 4.78 is 13.6. The largest absolute Gasteiger partial charge is 0.312 e. The number of hydrogen-bond donors (Lipinski definition) is 0. The zero-order chi connectivity index (χ0) is 16.4. The van der Waals surface area contributed by atoms with Crippen LogP contribution in [0.3, 0.4) is 0 Å². The van der Waals surface area contributed by atoms with Crippen LogP contribution in [0.1, 0.15) is 17.5 Å². The lowest BCUT2D eigenvalue weighted by Crippen LogP contribution is -2.29. The highest BCUT2D eigenvalue weighted by Crippen LogP contribution is 2.32. The first kappa shape index (κ1) is 15.1. The number of rotatable bonds is 4. The van der Waals surface area contributed by atoms with Crippen molar-refractivity contribution < 1.29 is 14.1 Å². The summed E-state index contributed by atoms with van der Waals surface area (Å²) in [5, 5.41) is 10.9. The molecule has 0 radical (unpaired) electrons. The van der Waals surface area contributed by atoms with Crippen LogP contribution in [0.5, 0.6) is 0 Å². The molecule has 1 heterocycles. The van der Waals surface area contributed by atoms with Crippen molar-refractivity contribution in [1.82, 2.24) is 0 Å². The maximum atomic E-state index is 13.6. The van der Waals surface area contributed by atoms with E-state index in [4.69, 9.17) is 0 Å². The number of nitro benzene ring substituents is 1. The van der Waals surface area contributed by atoms with Crippen molar-refractivity contribution in [2.45, 2.75) is 19.3 Å². The average molecular weight is 314 g/mol.